The topological polar surface area (TPSA) is 102 Å². The normalized spacial score (nSPS) is 22.8. The number of aliphatic hydroxyl groups is 1. The fourth-order valence-corrected chi connectivity index (χ4v) is 6.24. The first kappa shape index (κ1) is 27.5. The van der Waals surface area contributed by atoms with Crippen LogP contribution in [0.25, 0.3) is 22.2 Å². The molecule has 2 aromatic heterocycles. The summed E-state index contributed by atoms with van der Waals surface area (Å²) in [5.41, 5.74) is 2.50. The van der Waals surface area contributed by atoms with Crippen LogP contribution in [0, 0.1) is 12.7 Å². The van der Waals surface area contributed by atoms with E-state index in [2.05, 4.69) is 38.6 Å². The number of halogens is 2. The number of rotatable bonds is 6. The monoisotopic (exact) mass is 571 g/mol. The molecule has 3 fully saturated rings. The number of anilines is 1. The number of nitrogens with zero attached hydrogens (tertiary/aromatic N) is 4. The van der Waals surface area contributed by atoms with Gasteiger partial charge in [0.1, 0.15) is 5.82 Å². The summed E-state index contributed by atoms with van der Waals surface area (Å²) in [7, 11) is 0. The number of nitrogens with one attached hydrogen (secondary N) is 1. The molecule has 40 heavy (non-hydrogen) atoms. The number of pyridine rings is 1. The van der Waals surface area contributed by atoms with Gasteiger partial charge < -0.3 is 24.5 Å². The molecule has 1 aliphatic carbocycles. The maximum absolute atomic E-state index is 15.7. The van der Waals surface area contributed by atoms with Crippen molar-refractivity contribution in [3.63, 3.8) is 0 Å². The molecule has 214 valence electrons. The zero-order chi connectivity index (χ0) is 28.2. The molecule has 3 aliphatic rings. The Labute approximate surface area is 237 Å². The van der Waals surface area contributed by atoms with Crippen molar-refractivity contribution in [2.45, 2.75) is 70.3 Å². The van der Waals surface area contributed by atoms with E-state index >= 15 is 4.39 Å². The van der Waals surface area contributed by atoms with E-state index in [1.165, 1.54) is 12.3 Å². The van der Waals surface area contributed by atoms with Crippen molar-refractivity contribution in [3.8, 4) is 11.3 Å². The highest BCUT2D eigenvalue weighted by molar-refractivity contribution is 6.33. The zero-order valence-electron chi connectivity index (χ0n) is 23.0. The van der Waals surface area contributed by atoms with Crippen molar-refractivity contribution in [2.75, 3.05) is 38.3 Å². The van der Waals surface area contributed by atoms with Gasteiger partial charge in [0.2, 0.25) is 5.95 Å². The molecular formula is C29H35ClFN5O4. The molecule has 2 atom stereocenters. The molecule has 1 aromatic carbocycles. The van der Waals surface area contributed by atoms with Gasteiger partial charge in [-0.3, -0.25) is 9.69 Å². The van der Waals surface area contributed by atoms with Gasteiger partial charge in [-0.1, -0.05) is 11.6 Å². The molecule has 4 heterocycles. The Hall–Kier alpha value is -2.63. The standard InChI is InChI=1S/C29H35ClFN5O4/c1-16(2)36-23-11-18(26-20(30)12-32-28(34-26)33-22-4-8-39-14-25(22)37)21(31)10-19(23)27(38)17(3)24(36)13-35-7-9-40-15-29(35)5-6-29/h10-12,16,22,25,37H,4-9,13-15H2,1-3H3,(H,32,33,34)/t22-,25-/m1/s1. The molecule has 2 aliphatic heterocycles. The largest absolute Gasteiger partial charge is 0.389 e. The lowest BCUT2D eigenvalue weighted by molar-refractivity contribution is -0.0256. The molecule has 1 saturated carbocycles. The van der Waals surface area contributed by atoms with E-state index < -0.39 is 11.9 Å². The third kappa shape index (κ3) is 4.90. The second kappa shape index (κ2) is 10.6. The summed E-state index contributed by atoms with van der Waals surface area (Å²) in [6.45, 7) is 9.53. The van der Waals surface area contributed by atoms with E-state index in [4.69, 9.17) is 21.1 Å². The summed E-state index contributed by atoms with van der Waals surface area (Å²) in [6, 6.07) is 2.70. The van der Waals surface area contributed by atoms with Gasteiger partial charge in [0.15, 0.2) is 5.43 Å². The highest BCUT2D eigenvalue weighted by atomic mass is 35.5. The van der Waals surface area contributed by atoms with Gasteiger partial charge in [-0.15, -0.1) is 0 Å². The van der Waals surface area contributed by atoms with Crippen LogP contribution < -0.4 is 10.7 Å². The summed E-state index contributed by atoms with van der Waals surface area (Å²) in [4.78, 5) is 24.8. The lowest BCUT2D eigenvalue weighted by Crippen LogP contribution is -2.47. The lowest BCUT2D eigenvalue weighted by Gasteiger charge is -2.37. The van der Waals surface area contributed by atoms with Crippen LogP contribution in [0.3, 0.4) is 0 Å². The van der Waals surface area contributed by atoms with Gasteiger partial charge in [0, 0.05) is 53.5 Å². The van der Waals surface area contributed by atoms with Crippen LogP contribution in [-0.2, 0) is 16.0 Å². The summed E-state index contributed by atoms with van der Waals surface area (Å²) in [5, 5.41) is 13.9. The van der Waals surface area contributed by atoms with E-state index in [1.54, 1.807) is 6.07 Å². The highest BCUT2D eigenvalue weighted by Crippen LogP contribution is 2.44. The maximum atomic E-state index is 15.7. The van der Waals surface area contributed by atoms with Crippen LogP contribution in [0.4, 0.5) is 10.3 Å². The maximum Gasteiger partial charge on any atom is 0.223 e. The van der Waals surface area contributed by atoms with Crippen molar-refractivity contribution < 1.29 is 19.0 Å². The predicted molar refractivity (Wildman–Crippen MR) is 151 cm³/mol. The van der Waals surface area contributed by atoms with E-state index in [0.29, 0.717) is 49.3 Å². The number of aromatic nitrogens is 3. The minimum absolute atomic E-state index is 0.0133. The average molecular weight is 572 g/mol. The van der Waals surface area contributed by atoms with E-state index in [9.17, 15) is 9.90 Å². The molecule has 0 amide bonds. The fraction of sp³-hybridized carbons (Fsp3) is 0.552. The van der Waals surface area contributed by atoms with Crippen LogP contribution in [0.5, 0.6) is 0 Å². The number of morpholine rings is 1. The second-order valence-corrected chi connectivity index (χ2v) is 11.9. The van der Waals surface area contributed by atoms with E-state index in [0.717, 1.165) is 25.1 Å². The molecule has 0 bridgehead atoms. The summed E-state index contributed by atoms with van der Waals surface area (Å²) < 4.78 is 28.9. The Morgan fingerprint density at radius 3 is 2.80 bits per heavy atom. The number of hydrogen-bond acceptors (Lipinski definition) is 8. The average Bonchev–Trinajstić information content (AvgIpc) is 3.70. The fourth-order valence-electron chi connectivity index (χ4n) is 6.05. The molecule has 1 spiro atoms. The van der Waals surface area contributed by atoms with Crippen LogP contribution in [0.1, 0.15) is 50.4 Å². The minimum atomic E-state index is -0.711. The molecule has 2 saturated heterocycles. The van der Waals surface area contributed by atoms with Crippen molar-refractivity contribution in [3.05, 3.63) is 50.7 Å². The van der Waals surface area contributed by atoms with Crippen LogP contribution in [0.2, 0.25) is 5.02 Å². The molecule has 6 rings (SSSR count). The third-order valence-corrected chi connectivity index (χ3v) is 8.80. The molecule has 9 nitrogen and oxygen atoms in total. The molecular weight excluding hydrogens is 537 g/mol. The van der Waals surface area contributed by atoms with Gasteiger partial charge in [0.05, 0.1) is 54.4 Å². The summed E-state index contributed by atoms with van der Waals surface area (Å²) >= 11 is 6.51. The van der Waals surface area contributed by atoms with Crippen LogP contribution >= 0.6 is 11.6 Å². The number of ether oxygens (including phenoxy) is 2. The SMILES string of the molecule is Cc1c(CN2CCOCC23CC3)n(C(C)C)c2cc(-c3nc(N[C@@H]4CCOC[C@H]4O)ncc3Cl)c(F)cc2c1=O. The van der Waals surface area contributed by atoms with Crippen molar-refractivity contribution in [1.82, 2.24) is 19.4 Å². The second-order valence-electron chi connectivity index (χ2n) is 11.5. The predicted octanol–water partition coefficient (Wildman–Crippen LogP) is 4.07. The van der Waals surface area contributed by atoms with Crippen molar-refractivity contribution in [1.29, 1.82) is 0 Å². The van der Waals surface area contributed by atoms with E-state index in [1.807, 2.05) is 6.92 Å². The van der Waals surface area contributed by atoms with Gasteiger partial charge in [-0.25, -0.2) is 14.4 Å². The quantitative estimate of drug-likeness (QED) is 0.457. The molecule has 2 N–H and O–H groups in total. The first-order valence-corrected chi connectivity index (χ1v) is 14.3. The summed E-state index contributed by atoms with van der Waals surface area (Å²) in [6.07, 6.45) is 3.48. The first-order chi connectivity index (χ1) is 19.2. The van der Waals surface area contributed by atoms with Gasteiger partial charge in [0.25, 0.3) is 0 Å². The van der Waals surface area contributed by atoms with Crippen LogP contribution in [-0.4, -0.2) is 75.2 Å². The smallest absolute Gasteiger partial charge is 0.223 e. The van der Waals surface area contributed by atoms with Gasteiger partial charge in [-0.2, -0.15) is 0 Å². The number of fused-ring (bicyclic) bond motifs is 1. The van der Waals surface area contributed by atoms with Gasteiger partial charge in [-0.05, 0) is 52.2 Å². The van der Waals surface area contributed by atoms with Crippen LogP contribution in [0.15, 0.2) is 23.1 Å². The summed E-state index contributed by atoms with van der Waals surface area (Å²) in [5.74, 6) is -0.354. The number of hydrogen-bond donors (Lipinski definition) is 2. The number of aliphatic hydroxyl groups excluding tert-OH is 1. The Bertz CT molecular complexity index is 1510. The minimum Gasteiger partial charge on any atom is -0.389 e. The first-order valence-electron chi connectivity index (χ1n) is 13.9. The van der Waals surface area contributed by atoms with Crippen molar-refractivity contribution >= 4 is 28.5 Å². The van der Waals surface area contributed by atoms with Crippen molar-refractivity contribution in [2.24, 2.45) is 0 Å². The lowest BCUT2D eigenvalue weighted by atomic mass is 10.0. The Morgan fingerprint density at radius 2 is 2.08 bits per heavy atom. The Balaban J connectivity index is 1.45. The molecule has 0 unspecified atom stereocenters. The third-order valence-electron chi connectivity index (χ3n) is 8.53. The zero-order valence-corrected chi connectivity index (χ0v) is 23.8. The van der Waals surface area contributed by atoms with E-state index in [-0.39, 0.29) is 51.9 Å². The Kier molecular flexibility index (Phi) is 7.33. The van der Waals surface area contributed by atoms with Gasteiger partial charge >= 0.3 is 0 Å². The molecule has 0 radical (unpaired) electrons. The molecule has 3 aromatic rings. The Morgan fingerprint density at radius 1 is 1.27 bits per heavy atom. The molecule has 11 heteroatoms. The number of benzene rings is 1. The highest BCUT2D eigenvalue weighted by Gasteiger charge is 2.50.